The monoisotopic (exact) mass is 244 g/mol. The minimum absolute atomic E-state index is 0.0956. The molecule has 2 unspecified atom stereocenters. The molecule has 0 saturated carbocycles. The van der Waals surface area contributed by atoms with Gasteiger partial charge < -0.3 is 9.47 Å². The second-order valence-corrected chi connectivity index (χ2v) is 4.56. The molecule has 0 aromatic heterocycles. The SMILES string of the molecule is CCCCC(CC)CC(COC)C(=O)OCC. The van der Waals surface area contributed by atoms with E-state index in [0.29, 0.717) is 19.1 Å². The average molecular weight is 244 g/mol. The van der Waals surface area contributed by atoms with Crippen LogP contribution in [0.1, 0.15) is 52.9 Å². The lowest BCUT2D eigenvalue weighted by Crippen LogP contribution is -2.25. The fourth-order valence-electron chi connectivity index (χ4n) is 2.08. The fraction of sp³-hybridized carbons (Fsp3) is 0.929. The smallest absolute Gasteiger partial charge is 0.311 e. The van der Waals surface area contributed by atoms with Crippen LogP contribution in [-0.2, 0) is 14.3 Å². The summed E-state index contributed by atoms with van der Waals surface area (Å²) in [7, 11) is 1.64. The summed E-state index contributed by atoms with van der Waals surface area (Å²) in [6.07, 6.45) is 5.67. The van der Waals surface area contributed by atoms with Crippen molar-refractivity contribution in [3.05, 3.63) is 0 Å². The van der Waals surface area contributed by atoms with E-state index in [1.165, 1.54) is 19.3 Å². The van der Waals surface area contributed by atoms with Crippen LogP contribution in [-0.4, -0.2) is 26.3 Å². The molecule has 102 valence electrons. The van der Waals surface area contributed by atoms with Gasteiger partial charge in [0.25, 0.3) is 0 Å². The predicted octanol–water partition coefficient (Wildman–Crippen LogP) is 3.42. The van der Waals surface area contributed by atoms with Crippen LogP contribution < -0.4 is 0 Å². The van der Waals surface area contributed by atoms with E-state index in [4.69, 9.17) is 9.47 Å². The van der Waals surface area contributed by atoms with E-state index in [-0.39, 0.29) is 11.9 Å². The Morgan fingerprint density at radius 1 is 1.24 bits per heavy atom. The van der Waals surface area contributed by atoms with Crippen LogP contribution in [0, 0.1) is 11.8 Å². The Morgan fingerprint density at radius 2 is 1.94 bits per heavy atom. The Morgan fingerprint density at radius 3 is 2.41 bits per heavy atom. The number of carbonyl (C=O) groups is 1. The second-order valence-electron chi connectivity index (χ2n) is 4.56. The predicted molar refractivity (Wildman–Crippen MR) is 69.9 cm³/mol. The van der Waals surface area contributed by atoms with Crippen molar-refractivity contribution in [1.82, 2.24) is 0 Å². The summed E-state index contributed by atoms with van der Waals surface area (Å²) < 4.78 is 10.2. The number of unbranched alkanes of at least 4 members (excludes halogenated alkanes) is 1. The molecular weight excluding hydrogens is 216 g/mol. The molecule has 0 aliphatic rings. The zero-order valence-corrected chi connectivity index (χ0v) is 11.8. The molecule has 0 heterocycles. The van der Waals surface area contributed by atoms with Crippen LogP contribution in [0.3, 0.4) is 0 Å². The van der Waals surface area contributed by atoms with Crippen molar-refractivity contribution in [2.75, 3.05) is 20.3 Å². The minimum atomic E-state index is -0.107. The Hall–Kier alpha value is -0.570. The zero-order valence-electron chi connectivity index (χ0n) is 11.8. The lowest BCUT2D eigenvalue weighted by atomic mass is 9.89. The molecule has 0 spiro atoms. The van der Waals surface area contributed by atoms with E-state index in [1.54, 1.807) is 7.11 Å². The van der Waals surface area contributed by atoms with Gasteiger partial charge >= 0.3 is 5.97 Å². The molecule has 0 aliphatic heterocycles. The first-order valence-corrected chi connectivity index (χ1v) is 6.85. The molecule has 0 fully saturated rings. The highest BCUT2D eigenvalue weighted by molar-refractivity contribution is 5.72. The molecule has 0 aromatic carbocycles. The number of carbonyl (C=O) groups excluding carboxylic acids is 1. The van der Waals surface area contributed by atoms with Crippen molar-refractivity contribution in [1.29, 1.82) is 0 Å². The number of hydrogen-bond acceptors (Lipinski definition) is 3. The molecule has 0 radical (unpaired) electrons. The molecule has 3 nitrogen and oxygen atoms in total. The zero-order chi connectivity index (χ0) is 13.1. The molecule has 0 saturated heterocycles. The first-order valence-electron chi connectivity index (χ1n) is 6.85. The maximum absolute atomic E-state index is 11.8. The van der Waals surface area contributed by atoms with Gasteiger partial charge in [-0.25, -0.2) is 0 Å². The van der Waals surface area contributed by atoms with Gasteiger partial charge in [0.05, 0.1) is 19.1 Å². The van der Waals surface area contributed by atoms with E-state index >= 15 is 0 Å². The lowest BCUT2D eigenvalue weighted by Gasteiger charge is -2.20. The van der Waals surface area contributed by atoms with Crippen LogP contribution in [0.2, 0.25) is 0 Å². The van der Waals surface area contributed by atoms with Crippen molar-refractivity contribution in [2.45, 2.75) is 52.9 Å². The molecule has 0 N–H and O–H groups in total. The highest BCUT2D eigenvalue weighted by Crippen LogP contribution is 2.22. The molecule has 17 heavy (non-hydrogen) atoms. The number of esters is 1. The van der Waals surface area contributed by atoms with Crippen molar-refractivity contribution in [3.63, 3.8) is 0 Å². The summed E-state index contributed by atoms with van der Waals surface area (Å²) >= 11 is 0. The van der Waals surface area contributed by atoms with Gasteiger partial charge in [-0.15, -0.1) is 0 Å². The van der Waals surface area contributed by atoms with E-state index in [1.807, 2.05) is 6.92 Å². The van der Waals surface area contributed by atoms with Crippen LogP contribution >= 0.6 is 0 Å². The normalized spacial score (nSPS) is 14.4. The molecule has 0 amide bonds. The van der Waals surface area contributed by atoms with E-state index in [9.17, 15) is 4.79 Å². The molecule has 3 heteroatoms. The summed E-state index contributed by atoms with van der Waals surface area (Å²) in [6.45, 7) is 7.16. The van der Waals surface area contributed by atoms with Gasteiger partial charge in [0.2, 0.25) is 0 Å². The molecule has 0 aliphatic carbocycles. The molecule has 0 bridgehead atoms. The molecule has 0 rings (SSSR count). The van der Waals surface area contributed by atoms with E-state index in [2.05, 4.69) is 13.8 Å². The first kappa shape index (κ1) is 16.4. The van der Waals surface area contributed by atoms with Gasteiger partial charge in [-0.1, -0.05) is 39.5 Å². The number of methoxy groups -OCH3 is 1. The van der Waals surface area contributed by atoms with Gasteiger partial charge in [-0.2, -0.15) is 0 Å². The average Bonchev–Trinajstić information content (AvgIpc) is 2.33. The third kappa shape index (κ3) is 7.37. The maximum Gasteiger partial charge on any atom is 0.311 e. The van der Waals surface area contributed by atoms with E-state index < -0.39 is 0 Å². The molecular formula is C14H28O3. The summed E-state index contributed by atoms with van der Waals surface area (Å²) in [5.74, 6) is 0.408. The Bertz CT molecular complexity index is 192. The first-order chi connectivity index (χ1) is 8.19. The molecule has 2 atom stereocenters. The summed E-state index contributed by atoms with van der Waals surface area (Å²) in [5.41, 5.74) is 0. The van der Waals surface area contributed by atoms with Crippen molar-refractivity contribution < 1.29 is 14.3 Å². The minimum Gasteiger partial charge on any atom is -0.466 e. The Labute approximate surface area is 106 Å². The van der Waals surface area contributed by atoms with Crippen LogP contribution in [0.5, 0.6) is 0 Å². The number of hydrogen-bond donors (Lipinski definition) is 0. The summed E-state index contributed by atoms with van der Waals surface area (Å²) in [6, 6.07) is 0. The topological polar surface area (TPSA) is 35.5 Å². The molecule has 0 aromatic rings. The van der Waals surface area contributed by atoms with Gasteiger partial charge in [-0.3, -0.25) is 4.79 Å². The van der Waals surface area contributed by atoms with Crippen LogP contribution in [0.4, 0.5) is 0 Å². The largest absolute Gasteiger partial charge is 0.466 e. The van der Waals surface area contributed by atoms with Crippen LogP contribution in [0.15, 0.2) is 0 Å². The quantitative estimate of drug-likeness (QED) is 0.552. The highest BCUT2D eigenvalue weighted by Gasteiger charge is 2.23. The van der Waals surface area contributed by atoms with Gasteiger partial charge in [0, 0.05) is 7.11 Å². The second kappa shape index (κ2) is 10.6. The van der Waals surface area contributed by atoms with Crippen LogP contribution in [0.25, 0.3) is 0 Å². The van der Waals surface area contributed by atoms with Crippen molar-refractivity contribution in [2.24, 2.45) is 11.8 Å². The van der Waals surface area contributed by atoms with Gasteiger partial charge in [0.1, 0.15) is 0 Å². The Balaban J connectivity index is 4.23. The maximum atomic E-state index is 11.8. The van der Waals surface area contributed by atoms with Crippen molar-refractivity contribution >= 4 is 5.97 Å². The fourth-order valence-corrected chi connectivity index (χ4v) is 2.08. The number of ether oxygens (including phenoxy) is 2. The summed E-state index contributed by atoms with van der Waals surface area (Å²) in [4.78, 5) is 11.8. The van der Waals surface area contributed by atoms with Crippen molar-refractivity contribution in [3.8, 4) is 0 Å². The van der Waals surface area contributed by atoms with Gasteiger partial charge in [-0.05, 0) is 19.3 Å². The lowest BCUT2D eigenvalue weighted by molar-refractivity contribution is -0.150. The summed E-state index contributed by atoms with van der Waals surface area (Å²) in [5, 5.41) is 0. The number of rotatable bonds is 10. The van der Waals surface area contributed by atoms with E-state index in [0.717, 1.165) is 12.8 Å². The standard InChI is InChI=1S/C14H28O3/c1-5-8-9-12(6-2)10-13(11-16-4)14(15)17-7-3/h12-13H,5-11H2,1-4H3. The third-order valence-corrected chi connectivity index (χ3v) is 3.15. The third-order valence-electron chi connectivity index (χ3n) is 3.15. The Kier molecular flexibility index (Phi) is 10.2. The highest BCUT2D eigenvalue weighted by atomic mass is 16.5. The van der Waals surface area contributed by atoms with Gasteiger partial charge in [0.15, 0.2) is 0 Å².